The number of carbonyl (C=O) groups excluding carboxylic acids is 1. The summed E-state index contributed by atoms with van der Waals surface area (Å²) in [5.41, 5.74) is 4.33. The summed E-state index contributed by atoms with van der Waals surface area (Å²) >= 11 is 0. The third-order valence-corrected chi connectivity index (χ3v) is 3.12. The van der Waals surface area contributed by atoms with E-state index in [4.69, 9.17) is 4.74 Å². The van der Waals surface area contributed by atoms with Crippen molar-refractivity contribution in [3.63, 3.8) is 0 Å². The number of benzene rings is 1. The van der Waals surface area contributed by atoms with Crippen molar-refractivity contribution in [2.45, 2.75) is 13.8 Å². The predicted octanol–water partition coefficient (Wildman–Crippen LogP) is 3.01. The monoisotopic (exact) mass is 299 g/mol. The number of hydrogen-bond donors (Lipinski definition) is 2. The zero-order chi connectivity index (χ0) is 15.9. The van der Waals surface area contributed by atoms with E-state index in [1.54, 1.807) is 25.6 Å². The number of nitrogens with zero attached hydrogens (tertiary/aromatic N) is 1. The molecule has 0 aliphatic carbocycles. The van der Waals surface area contributed by atoms with Gasteiger partial charge in [0.05, 0.1) is 17.9 Å². The Kier molecular flexibility index (Phi) is 5.49. The number of aryl methyl sites for hydroxylation is 2. The van der Waals surface area contributed by atoms with Crippen LogP contribution in [0.25, 0.3) is 0 Å². The average molecular weight is 299 g/mol. The van der Waals surface area contributed by atoms with E-state index in [1.165, 1.54) is 0 Å². The first kappa shape index (κ1) is 16.0. The lowest BCUT2D eigenvalue weighted by Gasteiger charge is -2.09. The van der Waals surface area contributed by atoms with Gasteiger partial charge in [0.25, 0.3) is 5.91 Å². The minimum absolute atomic E-state index is 0.173. The van der Waals surface area contributed by atoms with Crippen molar-refractivity contribution in [1.82, 2.24) is 4.98 Å². The molecule has 22 heavy (non-hydrogen) atoms. The van der Waals surface area contributed by atoms with E-state index in [9.17, 15) is 4.79 Å². The van der Waals surface area contributed by atoms with Crippen LogP contribution in [0.3, 0.4) is 0 Å². The van der Waals surface area contributed by atoms with Gasteiger partial charge in [-0.2, -0.15) is 0 Å². The molecule has 0 aliphatic heterocycles. The number of anilines is 2. The van der Waals surface area contributed by atoms with Crippen molar-refractivity contribution < 1.29 is 9.53 Å². The second kappa shape index (κ2) is 7.56. The number of methoxy groups -OCH3 is 1. The maximum absolute atomic E-state index is 12.3. The fourth-order valence-corrected chi connectivity index (χ4v) is 2.21. The summed E-state index contributed by atoms with van der Waals surface area (Å²) in [6, 6.07) is 7.73. The summed E-state index contributed by atoms with van der Waals surface area (Å²) in [5.74, 6) is -0.173. The Bertz CT molecular complexity index is 636. The molecule has 2 rings (SSSR count). The number of rotatable bonds is 6. The van der Waals surface area contributed by atoms with Crippen molar-refractivity contribution in [1.29, 1.82) is 0 Å². The Balaban J connectivity index is 2.07. The number of aromatic nitrogens is 1. The second-order valence-corrected chi connectivity index (χ2v) is 5.21. The van der Waals surface area contributed by atoms with E-state index < -0.39 is 0 Å². The molecular weight excluding hydrogens is 278 g/mol. The Morgan fingerprint density at radius 1 is 1.09 bits per heavy atom. The highest BCUT2D eigenvalue weighted by molar-refractivity contribution is 6.04. The zero-order valence-corrected chi connectivity index (χ0v) is 13.1. The summed E-state index contributed by atoms with van der Waals surface area (Å²) in [6.07, 6.45) is 3.24. The number of hydrogen-bond acceptors (Lipinski definition) is 4. The number of nitrogens with one attached hydrogen (secondary N) is 2. The number of carbonyl (C=O) groups is 1. The van der Waals surface area contributed by atoms with Crippen LogP contribution in [0.1, 0.15) is 21.5 Å². The number of pyridine rings is 1. The second-order valence-electron chi connectivity index (χ2n) is 5.21. The van der Waals surface area contributed by atoms with Gasteiger partial charge in [0.1, 0.15) is 0 Å². The molecule has 0 fully saturated rings. The molecule has 5 nitrogen and oxygen atoms in total. The highest BCUT2D eigenvalue weighted by Crippen LogP contribution is 2.16. The first-order valence-corrected chi connectivity index (χ1v) is 7.16. The minimum Gasteiger partial charge on any atom is -0.383 e. The van der Waals surface area contributed by atoms with Crippen molar-refractivity contribution in [3.8, 4) is 0 Å². The van der Waals surface area contributed by atoms with Crippen LogP contribution in [-0.2, 0) is 4.74 Å². The van der Waals surface area contributed by atoms with Gasteiger partial charge in [0.15, 0.2) is 0 Å². The smallest absolute Gasteiger partial charge is 0.257 e. The van der Waals surface area contributed by atoms with Crippen LogP contribution in [0.15, 0.2) is 36.7 Å². The standard InChI is InChI=1S/C17H21N3O2/c1-12-6-13(2)8-15(7-12)20-17(21)14-9-16(11-18-10-14)19-4-5-22-3/h6-11,19H,4-5H2,1-3H3,(H,20,21). The Morgan fingerprint density at radius 2 is 1.82 bits per heavy atom. The highest BCUT2D eigenvalue weighted by Gasteiger charge is 2.08. The minimum atomic E-state index is -0.173. The van der Waals surface area contributed by atoms with Gasteiger partial charge in [0, 0.05) is 31.7 Å². The van der Waals surface area contributed by atoms with E-state index in [0.717, 1.165) is 22.5 Å². The molecule has 0 bridgehead atoms. The normalized spacial score (nSPS) is 10.3. The molecule has 0 aliphatic rings. The van der Waals surface area contributed by atoms with E-state index in [2.05, 4.69) is 21.7 Å². The molecular formula is C17H21N3O2. The number of ether oxygens (including phenoxy) is 1. The molecule has 1 aromatic heterocycles. The van der Waals surface area contributed by atoms with Gasteiger partial charge in [-0.1, -0.05) is 6.07 Å². The quantitative estimate of drug-likeness (QED) is 0.805. The van der Waals surface area contributed by atoms with E-state index in [1.807, 2.05) is 26.0 Å². The van der Waals surface area contributed by atoms with Gasteiger partial charge in [-0.15, -0.1) is 0 Å². The lowest BCUT2D eigenvalue weighted by atomic mass is 10.1. The molecule has 5 heteroatoms. The van der Waals surface area contributed by atoms with Gasteiger partial charge >= 0.3 is 0 Å². The third-order valence-electron chi connectivity index (χ3n) is 3.12. The van der Waals surface area contributed by atoms with Crippen LogP contribution in [-0.4, -0.2) is 31.2 Å². The fourth-order valence-electron chi connectivity index (χ4n) is 2.21. The molecule has 0 spiro atoms. The van der Waals surface area contributed by atoms with Crippen molar-refractivity contribution >= 4 is 17.3 Å². The Labute approximate surface area is 130 Å². The molecule has 0 radical (unpaired) electrons. The maximum Gasteiger partial charge on any atom is 0.257 e. The van der Waals surface area contributed by atoms with Gasteiger partial charge in [-0.25, -0.2) is 0 Å². The van der Waals surface area contributed by atoms with E-state index in [-0.39, 0.29) is 5.91 Å². The largest absolute Gasteiger partial charge is 0.383 e. The third kappa shape index (κ3) is 4.56. The summed E-state index contributed by atoms with van der Waals surface area (Å²) in [7, 11) is 1.65. The average Bonchev–Trinajstić information content (AvgIpc) is 2.47. The van der Waals surface area contributed by atoms with Gasteiger partial charge in [-0.05, 0) is 43.2 Å². The molecule has 0 unspecified atom stereocenters. The van der Waals surface area contributed by atoms with Gasteiger partial charge < -0.3 is 15.4 Å². The molecule has 1 amide bonds. The van der Waals surface area contributed by atoms with Crippen LogP contribution in [0.5, 0.6) is 0 Å². The lowest BCUT2D eigenvalue weighted by molar-refractivity contribution is 0.102. The Hall–Kier alpha value is -2.40. The van der Waals surface area contributed by atoms with Crippen molar-refractivity contribution in [3.05, 3.63) is 53.3 Å². The Morgan fingerprint density at radius 3 is 2.50 bits per heavy atom. The molecule has 2 aromatic rings. The van der Waals surface area contributed by atoms with Crippen LogP contribution in [0.2, 0.25) is 0 Å². The topological polar surface area (TPSA) is 63.2 Å². The maximum atomic E-state index is 12.3. The lowest BCUT2D eigenvalue weighted by Crippen LogP contribution is -2.14. The summed E-state index contributed by atoms with van der Waals surface area (Å²) in [5, 5.41) is 6.06. The first-order valence-electron chi connectivity index (χ1n) is 7.16. The van der Waals surface area contributed by atoms with Crippen LogP contribution in [0, 0.1) is 13.8 Å². The first-order chi connectivity index (χ1) is 10.6. The predicted molar refractivity (Wildman–Crippen MR) is 88.5 cm³/mol. The molecule has 1 aromatic carbocycles. The molecule has 2 N–H and O–H groups in total. The van der Waals surface area contributed by atoms with Crippen LogP contribution < -0.4 is 10.6 Å². The summed E-state index contributed by atoms with van der Waals surface area (Å²) in [6.45, 7) is 5.27. The summed E-state index contributed by atoms with van der Waals surface area (Å²) in [4.78, 5) is 16.4. The van der Waals surface area contributed by atoms with E-state index in [0.29, 0.717) is 18.7 Å². The molecule has 0 saturated heterocycles. The van der Waals surface area contributed by atoms with Crippen molar-refractivity contribution in [2.75, 3.05) is 30.9 Å². The summed E-state index contributed by atoms with van der Waals surface area (Å²) < 4.78 is 4.98. The van der Waals surface area contributed by atoms with Gasteiger partial charge in [0.2, 0.25) is 0 Å². The molecule has 0 saturated carbocycles. The molecule has 0 atom stereocenters. The SMILES string of the molecule is COCCNc1cncc(C(=O)Nc2cc(C)cc(C)c2)c1. The number of amides is 1. The molecule has 1 heterocycles. The highest BCUT2D eigenvalue weighted by atomic mass is 16.5. The molecule has 116 valence electrons. The fraction of sp³-hybridized carbons (Fsp3) is 0.294. The van der Waals surface area contributed by atoms with Crippen molar-refractivity contribution in [2.24, 2.45) is 0 Å². The van der Waals surface area contributed by atoms with Crippen LogP contribution >= 0.6 is 0 Å². The van der Waals surface area contributed by atoms with Gasteiger partial charge in [-0.3, -0.25) is 9.78 Å². The van der Waals surface area contributed by atoms with E-state index >= 15 is 0 Å². The zero-order valence-electron chi connectivity index (χ0n) is 13.1. The van der Waals surface area contributed by atoms with Crippen LogP contribution in [0.4, 0.5) is 11.4 Å².